The van der Waals surface area contributed by atoms with Gasteiger partial charge >= 0.3 is 0 Å². The van der Waals surface area contributed by atoms with Crippen molar-refractivity contribution in [3.8, 4) is 17.2 Å². The average molecular weight is 282 g/mol. The molecule has 1 N–H and O–H groups in total. The van der Waals surface area contributed by atoms with Crippen LogP contribution in [0.2, 0.25) is 0 Å². The van der Waals surface area contributed by atoms with E-state index < -0.39 is 10.7 Å². The van der Waals surface area contributed by atoms with Crippen molar-refractivity contribution in [1.82, 2.24) is 10.2 Å². The number of hydrogen-bond acceptors (Lipinski definition) is 4. The highest BCUT2D eigenvalue weighted by Crippen LogP contribution is 2.34. The lowest BCUT2D eigenvalue weighted by atomic mass is 10.0. The lowest BCUT2D eigenvalue weighted by Crippen LogP contribution is -1.92. The SMILES string of the molecule is N#Cc1n[nH]c2cc([N+](=O)[O-])c(-c3ccc(F)cc3)cc12. The molecule has 21 heavy (non-hydrogen) atoms. The van der Waals surface area contributed by atoms with Crippen LogP contribution in [0.3, 0.4) is 0 Å². The van der Waals surface area contributed by atoms with Crippen molar-refractivity contribution in [3.63, 3.8) is 0 Å². The van der Waals surface area contributed by atoms with Gasteiger partial charge in [0, 0.05) is 11.5 Å². The fraction of sp³-hybridized carbons (Fsp3) is 0. The number of benzene rings is 2. The number of aromatic amines is 1. The Morgan fingerprint density at radius 2 is 2.00 bits per heavy atom. The second kappa shape index (κ2) is 4.68. The van der Waals surface area contributed by atoms with E-state index in [2.05, 4.69) is 10.2 Å². The van der Waals surface area contributed by atoms with E-state index in [0.717, 1.165) is 0 Å². The molecule has 3 rings (SSSR count). The fourth-order valence-electron chi connectivity index (χ4n) is 2.15. The van der Waals surface area contributed by atoms with Gasteiger partial charge in [-0.2, -0.15) is 10.4 Å². The Balaban J connectivity index is 2.32. The lowest BCUT2D eigenvalue weighted by molar-refractivity contribution is -0.384. The Hall–Kier alpha value is -3.27. The van der Waals surface area contributed by atoms with E-state index in [0.29, 0.717) is 22.0 Å². The van der Waals surface area contributed by atoms with Crippen LogP contribution in [0.5, 0.6) is 0 Å². The summed E-state index contributed by atoms with van der Waals surface area (Å²) < 4.78 is 13.0. The van der Waals surface area contributed by atoms with Crippen molar-refractivity contribution in [2.45, 2.75) is 0 Å². The van der Waals surface area contributed by atoms with E-state index in [4.69, 9.17) is 5.26 Å². The smallest absolute Gasteiger partial charge is 0.276 e. The van der Waals surface area contributed by atoms with Gasteiger partial charge < -0.3 is 0 Å². The van der Waals surface area contributed by atoms with Gasteiger partial charge in [-0.1, -0.05) is 12.1 Å². The highest BCUT2D eigenvalue weighted by Gasteiger charge is 2.19. The number of aromatic nitrogens is 2. The van der Waals surface area contributed by atoms with Crippen molar-refractivity contribution in [2.24, 2.45) is 0 Å². The van der Waals surface area contributed by atoms with Gasteiger partial charge in [-0.15, -0.1) is 0 Å². The number of halogens is 1. The van der Waals surface area contributed by atoms with E-state index in [1.54, 1.807) is 0 Å². The van der Waals surface area contributed by atoms with Crippen LogP contribution in [0.25, 0.3) is 22.0 Å². The van der Waals surface area contributed by atoms with E-state index >= 15 is 0 Å². The molecule has 102 valence electrons. The highest BCUT2D eigenvalue weighted by atomic mass is 19.1. The first-order valence-electron chi connectivity index (χ1n) is 5.92. The minimum absolute atomic E-state index is 0.137. The molecule has 7 heteroatoms. The van der Waals surface area contributed by atoms with Crippen LogP contribution in [0.1, 0.15) is 5.69 Å². The van der Waals surface area contributed by atoms with E-state index in [-0.39, 0.29) is 11.4 Å². The van der Waals surface area contributed by atoms with Crippen LogP contribution in [-0.4, -0.2) is 15.1 Å². The van der Waals surface area contributed by atoms with Gasteiger partial charge in [-0.3, -0.25) is 15.2 Å². The van der Waals surface area contributed by atoms with Crippen LogP contribution >= 0.6 is 0 Å². The number of hydrogen-bond donors (Lipinski definition) is 1. The summed E-state index contributed by atoms with van der Waals surface area (Å²) in [6.07, 6.45) is 0. The lowest BCUT2D eigenvalue weighted by Gasteiger charge is -2.04. The molecular formula is C14H7FN4O2. The summed E-state index contributed by atoms with van der Waals surface area (Å²) in [6, 6.07) is 10.1. The third-order valence-corrected chi connectivity index (χ3v) is 3.14. The first-order valence-corrected chi connectivity index (χ1v) is 5.92. The molecule has 0 spiro atoms. The number of nitriles is 1. The molecule has 0 atom stereocenters. The summed E-state index contributed by atoms with van der Waals surface area (Å²) in [5.41, 5.74) is 1.23. The van der Waals surface area contributed by atoms with Crippen LogP contribution in [0, 0.1) is 27.3 Å². The maximum absolute atomic E-state index is 13.0. The average Bonchev–Trinajstić information content (AvgIpc) is 2.88. The summed E-state index contributed by atoms with van der Waals surface area (Å²) in [5, 5.41) is 27.1. The van der Waals surface area contributed by atoms with Crippen molar-refractivity contribution in [2.75, 3.05) is 0 Å². The topological polar surface area (TPSA) is 95.6 Å². The first kappa shape index (κ1) is 12.7. The van der Waals surface area contributed by atoms with Gasteiger partial charge in [0.15, 0.2) is 5.69 Å². The zero-order valence-corrected chi connectivity index (χ0v) is 10.5. The summed E-state index contributed by atoms with van der Waals surface area (Å²) in [7, 11) is 0. The fourth-order valence-corrected chi connectivity index (χ4v) is 2.15. The maximum Gasteiger partial charge on any atom is 0.279 e. The first-order chi connectivity index (χ1) is 10.1. The molecular weight excluding hydrogens is 275 g/mol. The molecule has 0 aliphatic heterocycles. The molecule has 6 nitrogen and oxygen atoms in total. The molecule has 0 aliphatic rings. The molecule has 0 bridgehead atoms. The minimum atomic E-state index is -0.523. The zero-order chi connectivity index (χ0) is 15.0. The van der Waals surface area contributed by atoms with Gasteiger partial charge in [0.05, 0.1) is 16.0 Å². The Kier molecular flexibility index (Phi) is 2.84. The Labute approximate surface area is 117 Å². The van der Waals surface area contributed by atoms with Gasteiger partial charge in [0.1, 0.15) is 11.9 Å². The van der Waals surface area contributed by atoms with E-state index in [1.807, 2.05) is 6.07 Å². The molecule has 0 fully saturated rings. The number of rotatable bonds is 2. The van der Waals surface area contributed by atoms with E-state index in [9.17, 15) is 14.5 Å². The van der Waals surface area contributed by atoms with Crippen LogP contribution in [0.15, 0.2) is 36.4 Å². The number of nitrogens with zero attached hydrogens (tertiary/aromatic N) is 3. The largest absolute Gasteiger partial charge is 0.279 e. The number of nitro groups is 1. The van der Waals surface area contributed by atoms with Crippen LogP contribution < -0.4 is 0 Å². The Morgan fingerprint density at radius 3 is 2.62 bits per heavy atom. The van der Waals surface area contributed by atoms with Crippen LogP contribution in [0.4, 0.5) is 10.1 Å². The monoisotopic (exact) mass is 282 g/mol. The number of nitrogens with one attached hydrogen (secondary N) is 1. The maximum atomic E-state index is 13.0. The Bertz CT molecular complexity index is 894. The predicted octanol–water partition coefficient (Wildman–Crippen LogP) is 3.15. The van der Waals surface area contributed by atoms with Gasteiger partial charge in [0.25, 0.3) is 5.69 Å². The highest BCUT2D eigenvalue weighted by molar-refractivity contribution is 5.92. The van der Waals surface area contributed by atoms with Gasteiger partial charge in [-0.05, 0) is 23.8 Å². The number of H-pyrrole nitrogens is 1. The third kappa shape index (κ3) is 2.08. The molecule has 3 aromatic rings. The van der Waals surface area contributed by atoms with Crippen molar-refractivity contribution < 1.29 is 9.31 Å². The standard InChI is InChI=1S/C14H7FN4O2/c15-9-3-1-8(2-4-9)10-5-11-12(6-14(10)19(20)21)17-18-13(11)7-16/h1-6H,(H,17,18). The number of nitro benzene ring substituents is 1. The molecule has 0 radical (unpaired) electrons. The Morgan fingerprint density at radius 1 is 1.29 bits per heavy atom. The van der Waals surface area contributed by atoms with Gasteiger partial charge in [0.2, 0.25) is 0 Å². The quantitative estimate of drug-likeness (QED) is 0.576. The van der Waals surface area contributed by atoms with E-state index in [1.165, 1.54) is 36.4 Å². The predicted molar refractivity (Wildman–Crippen MR) is 72.9 cm³/mol. The molecule has 0 amide bonds. The summed E-state index contributed by atoms with van der Waals surface area (Å²) >= 11 is 0. The van der Waals surface area contributed by atoms with Gasteiger partial charge in [-0.25, -0.2) is 4.39 Å². The number of fused-ring (bicyclic) bond motifs is 1. The second-order valence-electron chi connectivity index (χ2n) is 4.36. The molecule has 0 unspecified atom stereocenters. The summed E-state index contributed by atoms with van der Waals surface area (Å²) in [4.78, 5) is 10.7. The van der Waals surface area contributed by atoms with Crippen LogP contribution in [-0.2, 0) is 0 Å². The molecule has 2 aromatic carbocycles. The summed E-state index contributed by atoms with van der Waals surface area (Å²) in [5.74, 6) is -0.427. The van der Waals surface area contributed by atoms with Crippen molar-refractivity contribution in [3.05, 3.63) is 58.0 Å². The minimum Gasteiger partial charge on any atom is -0.276 e. The molecule has 1 heterocycles. The van der Waals surface area contributed by atoms with Crippen molar-refractivity contribution >= 4 is 16.6 Å². The second-order valence-corrected chi connectivity index (χ2v) is 4.36. The summed E-state index contributed by atoms with van der Waals surface area (Å²) in [6.45, 7) is 0. The zero-order valence-electron chi connectivity index (χ0n) is 10.5. The normalized spacial score (nSPS) is 10.5. The van der Waals surface area contributed by atoms with Crippen molar-refractivity contribution in [1.29, 1.82) is 5.26 Å². The molecule has 0 aliphatic carbocycles. The third-order valence-electron chi connectivity index (χ3n) is 3.14. The molecule has 1 aromatic heterocycles. The molecule has 0 saturated heterocycles. The molecule has 0 saturated carbocycles.